The molecule has 0 bridgehead atoms. The van der Waals surface area contributed by atoms with E-state index in [0.29, 0.717) is 15.7 Å². The van der Waals surface area contributed by atoms with Crippen molar-refractivity contribution in [1.29, 1.82) is 0 Å². The number of nitrogen functional groups attached to an aromatic ring is 1. The smallest absolute Gasteiger partial charge is 0.223 e. The number of anilines is 1. The fourth-order valence-electron chi connectivity index (χ4n) is 1.08. The van der Waals surface area contributed by atoms with Gasteiger partial charge in [-0.05, 0) is 29.8 Å². The standard InChI is InChI=1S/C10H7Cl2N3S/c11-6-2-1-3-7(4-6)16-9-8(13)5-14-10(12)15-9/h1-5H,13H2. The van der Waals surface area contributed by atoms with E-state index in [2.05, 4.69) is 9.97 Å². The second-order valence-corrected chi connectivity index (χ2v) is 4.80. The molecule has 0 saturated heterocycles. The average Bonchev–Trinajstić information content (AvgIpc) is 2.24. The Bertz CT molecular complexity index is 519. The molecule has 0 aliphatic heterocycles. The van der Waals surface area contributed by atoms with Gasteiger partial charge in [0, 0.05) is 9.92 Å². The summed E-state index contributed by atoms with van der Waals surface area (Å²) < 4.78 is 0. The molecule has 0 spiro atoms. The van der Waals surface area contributed by atoms with Gasteiger partial charge in [-0.25, -0.2) is 9.97 Å². The molecule has 0 saturated carbocycles. The van der Waals surface area contributed by atoms with E-state index in [1.165, 1.54) is 18.0 Å². The molecule has 0 fully saturated rings. The van der Waals surface area contributed by atoms with Crippen molar-refractivity contribution in [2.45, 2.75) is 9.92 Å². The van der Waals surface area contributed by atoms with Crippen LogP contribution in [-0.4, -0.2) is 9.97 Å². The van der Waals surface area contributed by atoms with Crippen molar-refractivity contribution in [2.24, 2.45) is 0 Å². The Labute approximate surface area is 107 Å². The van der Waals surface area contributed by atoms with Crippen molar-refractivity contribution in [3.05, 3.63) is 40.8 Å². The zero-order valence-corrected chi connectivity index (χ0v) is 10.4. The first-order valence-corrected chi connectivity index (χ1v) is 5.94. The molecular weight excluding hydrogens is 265 g/mol. The lowest BCUT2D eigenvalue weighted by Gasteiger charge is -2.04. The first-order chi connectivity index (χ1) is 7.65. The van der Waals surface area contributed by atoms with Crippen molar-refractivity contribution >= 4 is 40.7 Å². The highest BCUT2D eigenvalue weighted by atomic mass is 35.5. The van der Waals surface area contributed by atoms with Gasteiger partial charge in [0.05, 0.1) is 11.9 Å². The third-order valence-corrected chi connectivity index (χ3v) is 3.19. The fourth-order valence-corrected chi connectivity index (χ4v) is 2.38. The van der Waals surface area contributed by atoms with Crippen LogP contribution in [0.25, 0.3) is 0 Å². The molecule has 2 rings (SSSR count). The number of aromatic nitrogens is 2. The summed E-state index contributed by atoms with van der Waals surface area (Å²) in [5.41, 5.74) is 6.23. The molecule has 16 heavy (non-hydrogen) atoms. The molecule has 6 heteroatoms. The molecule has 0 radical (unpaired) electrons. The number of nitrogens with zero attached hydrogens (tertiary/aromatic N) is 2. The third kappa shape index (κ3) is 2.78. The van der Waals surface area contributed by atoms with E-state index in [1.54, 1.807) is 0 Å². The zero-order chi connectivity index (χ0) is 11.5. The van der Waals surface area contributed by atoms with E-state index in [1.807, 2.05) is 24.3 Å². The predicted octanol–water partition coefficient (Wildman–Crippen LogP) is 3.52. The van der Waals surface area contributed by atoms with Crippen LogP contribution in [0.5, 0.6) is 0 Å². The van der Waals surface area contributed by atoms with Gasteiger partial charge in [-0.2, -0.15) is 0 Å². The molecule has 1 aromatic carbocycles. The number of hydrogen-bond donors (Lipinski definition) is 1. The van der Waals surface area contributed by atoms with Gasteiger partial charge in [-0.3, -0.25) is 0 Å². The Balaban J connectivity index is 2.30. The highest BCUT2D eigenvalue weighted by Crippen LogP contribution is 2.31. The summed E-state index contributed by atoms with van der Waals surface area (Å²) >= 11 is 13.0. The lowest BCUT2D eigenvalue weighted by atomic mass is 10.4. The quantitative estimate of drug-likeness (QED) is 0.671. The average molecular weight is 272 g/mol. The topological polar surface area (TPSA) is 51.8 Å². The van der Waals surface area contributed by atoms with Crippen LogP contribution in [-0.2, 0) is 0 Å². The minimum Gasteiger partial charge on any atom is -0.395 e. The second-order valence-electron chi connectivity index (χ2n) is 2.96. The number of nitrogens with two attached hydrogens (primary N) is 1. The molecule has 0 aliphatic carbocycles. The van der Waals surface area contributed by atoms with Gasteiger partial charge in [-0.15, -0.1) is 0 Å². The predicted molar refractivity (Wildman–Crippen MR) is 67.0 cm³/mol. The Morgan fingerprint density at radius 2 is 2.06 bits per heavy atom. The summed E-state index contributed by atoms with van der Waals surface area (Å²) in [5.74, 6) is 0. The van der Waals surface area contributed by atoms with Crippen LogP contribution < -0.4 is 5.73 Å². The van der Waals surface area contributed by atoms with Crippen molar-refractivity contribution < 1.29 is 0 Å². The highest BCUT2D eigenvalue weighted by molar-refractivity contribution is 7.99. The van der Waals surface area contributed by atoms with Gasteiger partial charge in [0.1, 0.15) is 5.03 Å². The summed E-state index contributed by atoms with van der Waals surface area (Å²) in [5, 5.41) is 1.48. The van der Waals surface area contributed by atoms with Gasteiger partial charge >= 0.3 is 0 Å². The Morgan fingerprint density at radius 1 is 1.25 bits per heavy atom. The van der Waals surface area contributed by atoms with Gasteiger partial charge in [-0.1, -0.05) is 29.4 Å². The van der Waals surface area contributed by atoms with E-state index < -0.39 is 0 Å². The van der Waals surface area contributed by atoms with E-state index in [0.717, 1.165) is 4.90 Å². The molecule has 0 aliphatic rings. The minimum atomic E-state index is 0.179. The van der Waals surface area contributed by atoms with Crippen LogP contribution in [0.3, 0.4) is 0 Å². The van der Waals surface area contributed by atoms with Crippen LogP contribution in [0.1, 0.15) is 0 Å². The molecule has 0 amide bonds. The summed E-state index contributed by atoms with van der Waals surface area (Å²) in [6.07, 6.45) is 1.49. The molecule has 1 aromatic heterocycles. The molecule has 0 atom stereocenters. The Hall–Kier alpha value is -0.970. The maximum atomic E-state index is 5.88. The number of hydrogen-bond acceptors (Lipinski definition) is 4. The molecule has 2 N–H and O–H groups in total. The van der Waals surface area contributed by atoms with Crippen LogP contribution >= 0.6 is 35.0 Å². The van der Waals surface area contributed by atoms with Gasteiger partial charge in [0.15, 0.2) is 0 Å². The fraction of sp³-hybridized carbons (Fsp3) is 0. The molecular formula is C10H7Cl2N3S. The van der Waals surface area contributed by atoms with Crippen molar-refractivity contribution in [3.63, 3.8) is 0 Å². The Morgan fingerprint density at radius 3 is 2.81 bits per heavy atom. The zero-order valence-electron chi connectivity index (χ0n) is 8.02. The van der Waals surface area contributed by atoms with Crippen LogP contribution in [0.4, 0.5) is 5.69 Å². The maximum absolute atomic E-state index is 5.88. The lowest BCUT2D eigenvalue weighted by Crippen LogP contribution is -1.94. The highest BCUT2D eigenvalue weighted by Gasteiger charge is 2.05. The largest absolute Gasteiger partial charge is 0.395 e. The van der Waals surface area contributed by atoms with Crippen LogP contribution in [0, 0.1) is 0 Å². The number of rotatable bonds is 2. The SMILES string of the molecule is Nc1cnc(Cl)nc1Sc1cccc(Cl)c1. The normalized spacial score (nSPS) is 10.4. The molecule has 2 aromatic rings. The second kappa shape index (κ2) is 4.91. The molecule has 0 unspecified atom stereocenters. The van der Waals surface area contributed by atoms with Crippen molar-refractivity contribution in [1.82, 2.24) is 9.97 Å². The van der Waals surface area contributed by atoms with Crippen LogP contribution in [0.2, 0.25) is 10.3 Å². The molecule has 82 valence electrons. The van der Waals surface area contributed by atoms with E-state index >= 15 is 0 Å². The number of benzene rings is 1. The van der Waals surface area contributed by atoms with Crippen LogP contribution in [0.15, 0.2) is 40.4 Å². The summed E-state index contributed by atoms with van der Waals surface area (Å²) in [4.78, 5) is 8.79. The monoisotopic (exact) mass is 271 g/mol. The minimum absolute atomic E-state index is 0.179. The molecule has 3 nitrogen and oxygen atoms in total. The first-order valence-electron chi connectivity index (χ1n) is 4.36. The summed E-state index contributed by atoms with van der Waals surface area (Å²) in [6.45, 7) is 0. The summed E-state index contributed by atoms with van der Waals surface area (Å²) in [7, 11) is 0. The number of halogens is 2. The first kappa shape index (κ1) is 11.5. The lowest BCUT2D eigenvalue weighted by molar-refractivity contribution is 1.06. The van der Waals surface area contributed by atoms with Gasteiger partial charge < -0.3 is 5.73 Å². The summed E-state index contributed by atoms with van der Waals surface area (Å²) in [6, 6.07) is 7.43. The van der Waals surface area contributed by atoms with Gasteiger partial charge in [0.25, 0.3) is 0 Å². The van der Waals surface area contributed by atoms with E-state index in [-0.39, 0.29) is 5.28 Å². The van der Waals surface area contributed by atoms with Crippen molar-refractivity contribution in [3.8, 4) is 0 Å². The van der Waals surface area contributed by atoms with Crippen molar-refractivity contribution in [2.75, 3.05) is 5.73 Å². The van der Waals surface area contributed by atoms with E-state index in [4.69, 9.17) is 28.9 Å². The maximum Gasteiger partial charge on any atom is 0.223 e. The molecule has 1 heterocycles. The van der Waals surface area contributed by atoms with E-state index in [9.17, 15) is 0 Å². The third-order valence-electron chi connectivity index (χ3n) is 1.76. The Kier molecular flexibility index (Phi) is 3.53. The van der Waals surface area contributed by atoms with Gasteiger partial charge in [0.2, 0.25) is 5.28 Å².